The van der Waals surface area contributed by atoms with E-state index in [9.17, 15) is 4.79 Å². The molecular formula is C39H28O2. The van der Waals surface area contributed by atoms with Gasteiger partial charge in [-0.05, 0) is 71.3 Å². The summed E-state index contributed by atoms with van der Waals surface area (Å²) in [5, 5.41) is 7.09. The van der Waals surface area contributed by atoms with Crippen LogP contribution in [0, 0.1) is 0 Å². The van der Waals surface area contributed by atoms with E-state index in [1.807, 2.05) is 6.07 Å². The molecule has 0 bridgehead atoms. The fraction of sp³-hybridized carbons (Fsp3) is 0.0513. The van der Waals surface area contributed by atoms with Gasteiger partial charge in [0, 0.05) is 0 Å². The molecule has 0 aliphatic carbocycles. The molecule has 0 aliphatic rings. The molecule has 196 valence electrons. The first-order valence-corrected chi connectivity index (χ1v) is 13.9. The fourth-order valence-electron chi connectivity index (χ4n) is 6.25. The number of hydrogen-bond acceptors (Lipinski definition) is 2. The van der Waals surface area contributed by atoms with Crippen molar-refractivity contribution in [2.75, 3.05) is 7.11 Å². The number of benzene rings is 7. The molecule has 0 amide bonds. The van der Waals surface area contributed by atoms with E-state index in [-0.39, 0.29) is 12.4 Å². The Morgan fingerprint density at radius 2 is 1.02 bits per heavy atom. The summed E-state index contributed by atoms with van der Waals surface area (Å²) in [4.78, 5) is 12.2. The summed E-state index contributed by atoms with van der Waals surface area (Å²) in [7, 11) is 1.44. The molecule has 0 N–H and O–H groups in total. The van der Waals surface area contributed by atoms with E-state index in [0.717, 1.165) is 21.9 Å². The lowest BCUT2D eigenvalue weighted by Gasteiger charge is -2.21. The lowest BCUT2D eigenvalue weighted by atomic mass is 9.82. The van der Waals surface area contributed by atoms with Gasteiger partial charge in [-0.15, -0.1) is 0 Å². The van der Waals surface area contributed by atoms with Crippen LogP contribution in [0.3, 0.4) is 0 Å². The van der Waals surface area contributed by atoms with Crippen molar-refractivity contribution in [1.82, 2.24) is 0 Å². The van der Waals surface area contributed by atoms with Crippen molar-refractivity contribution in [1.29, 1.82) is 0 Å². The van der Waals surface area contributed by atoms with Crippen molar-refractivity contribution in [3.63, 3.8) is 0 Å². The summed E-state index contributed by atoms with van der Waals surface area (Å²) in [6, 6.07) is 49.4. The third kappa shape index (κ3) is 4.25. The number of methoxy groups -OCH3 is 1. The molecule has 7 aromatic carbocycles. The Bertz CT molecular complexity index is 2060. The molecule has 0 aliphatic heterocycles. The summed E-state index contributed by atoms with van der Waals surface area (Å²) in [5.41, 5.74) is 8.14. The van der Waals surface area contributed by atoms with Crippen LogP contribution in [0.4, 0.5) is 0 Å². The minimum atomic E-state index is -0.238. The van der Waals surface area contributed by atoms with Crippen molar-refractivity contribution in [2.45, 2.75) is 6.42 Å². The van der Waals surface area contributed by atoms with Crippen LogP contribution in [-0.2, 0) is 16.0 Å². The van der Waals surface area contributed by atoms with E-state index < -0.39 is 0 Å². The van der Waals surface area contributed by atoms with E-state index in [0.29, 0.717) is 0 Å². The highest BCUT2D eigenvalue weighted by Gasteiger charge is 2.20. The van der Waals surface area contributed by atoms with Crippen LogP contribution in [0.1, 0.15) is 5.56 Å². The molecule has 2 heteroatoms. The Morgan fingerprint density at radius 1 is 0.488 bits per heavy atom. The number of hydrogen-bond donors (Lipinski definition) is 0. The second-order valence-electron chi connectivity index (χ2n) is 10.3. The summed E-state index contributed by atoms with van der Waals surface area (Å²) >= 11 is 0. The summed E-state index contributed by atoms with van der Waals surface area (Å²) in [6.45, 7) is 0. The van der Waals surface area contributed by atoms with Gasteiger partial charge in [0.2, 0.25) is 0 Å². The minimum Gasteiger partial charge on any atom is -0.469 e. The number of rotatable bonds is 5. The number of carbonyl (C=O) groups excluding carboxylic acids is 1. The molecule has 0 atom stereocenters. The zero-order valence-electron chi connectivity index (χ0n) is 22.8. The third-order valence-corrected chi connectivity index (χ3v) is 8.04. The van der Waals surface area contributed by atoms with Crippen molar-refractivity contribution in [3.8, 4) is 33.4 Å². The lowest BCUT2D eigenvalue weighted by Crippen LogP contribution is -2.05. The van der Waals surface area contributed by atoms with Gasteiger partial charge in [-0.25, -0.2) is 0 Å². The Morgan fingerprint density at radius 3 is 1.68 bits per heavy atom. The molecule has 0 unspecified atom stereocenters. The number of carbonyl (C=O) groups is 1. The molecular weight excluding hydrogens is 500 g/mol. The van der Waals surface area contributed by atoms with Gasteiger partial charge in [0.1, 0.15) is 0 Å². The summed E-state index contributed by atoms with van der Waals surface area (Å²) in [5.74, 6) is -0.238. The molecule has 0 saturated heterocycles. The Hall–Kier alpha value is -5.21. The smallest absolute Gasteiger partial charge is 0.309 e. The average molecular weight is 529 g/mol. The first-order chi connectivity index (χ1) is 20.2. The Balaban J connectivity index is 1.65. The Labute approximate surface area is 239 Å². The molecule has 0 saturated carbocycles. The van der Waals surface area contributed by atoms with Gasteiger partial charge < -0.3 is 4.74 Å². The van der Waals surface area contributed by atoms with Gasteiger partial charge in [-0.1, -0.05) is 140 Å². The second-order valence-corrected chi connectivity index (χ2v) is 10.3. The van der Waals surface area contributed by atoms with Crippen LogP contribution in [0.25, 0.3) is 65.7 Å². The van der Waals surface area contributed by atoms with Crippen molar-refractivity contribution < 1.29 is 9.53 Å². The van der Waals surface area contributed by atoms with Crippen LogP contribution in [-0.4, -0.2) is 13.1 Å². The van der Waals surface area contributed by atoms with E-state index in [1.165, 1.54) is 56.5 Å². The molecule has 7 aromatic rings. The monoisotopic (exact) mass is 528 g/mol. The zero-order valence-corrected chi connectivity index (χ0v) is 22.8. The predicted molar refractivity (Wildman–Crippen MR) is 171 cm³/mol. The fourth-order valence-corrected chi connectivity index (χ4v) is 6.25. The van der Waals surface area contributed by atoms with Crippen LogP contribution < -0.4 is 0 Å². The summed E-state index contributed by atoms with van der Waals surface area (Å²) in [6.07, 6.45) is 0.241. The molecule has 0 heterocycles. The highest BCUT2D eigenvalue weighted by molar-refractivity contribution is 6.25. The van der Waals surface area contributed by atoms with Gasteiger partial charge in [-0.3, -0.25) is 4.79 Å². The molecule has 0 radical (unpaired) electrons. The van der Waals surface area contributed by atoms with Gasteiger partial charge in [-0.2, -0.15) is 0 Å². The van der Waals surface area contributed by atoms with Crippen LogP contribution in [0.2, 0.25) is 0 Å². The predicted octanol–water partition coefficient (Wildman–Crippen LogP) is 9.86. The van der Waals surface area contributed by atoms with Crippen molar-refractivity contribution in [2.24, 2.45) is 0 Å². The van der Waals surface area contributed by atoms with Gasteiger partial charge in [0.15, 0.2) is 0 Å². The molecule has 0 spiro atoms. The highest BCUT2D eigenvalue weighted by atomic mass is 16.5. The lowest BCUT2D eigenvalue weighted by molar-refractivity contribution is -0.139. The highest BCUT2D eigenvalue weighted by Crippen LogP contribution is 2.47. The van der Waals surface area contributed by atoms with Gasteiger partial charge in [0.05, 0.1) is 13.5 Å². The molecule has 7 rings (SSSR count). The van der Waals surface area contributed by atoms with Crippen molar-refractivity contribution >= 4 is 38.3 Å². The van der Waals surface area contributed by atoms with Crippen LogP contribution in [0.5, 0.6) is 0 Å². The van der Waals surface area contributed by atoms with E-state index in [1.54, 1.807) is 0 Å². The largest absolute Gasteiger partial charge is 0.469 e. The van der Waals surface area contributed by atoms with Gasteiger partial charge in [0.25, 0.3) is 0 Å². The SMILES string of the molecule is COC(=O)Cc1ccc(-c2cccc3c(-c4ccccc4)c4ccccc4c(-c4ccccc4)c23)c2ccccc12. The average Bonchev–Trinajstić information content (AvgIpc) is 3.04. The van der Waals surface area contributed by atoms with E-state index in [2.05, 4.69) is 133 Å². The van der Waals surface area contributed by atoms with Gasteiger partial charge >= 0.3 is 5.97 Å². The van der Waals surface area contributed by atoms with Crippen LogP contribution >= 0.6 is 0 Å². The number of fused-ring (bicyclic) bond motifs is 3. The van der Waals surface area contributed by atoms with Crippen molar-refractivity contribution in [3.05, 3.63) is 145 Å². The molecule has 41 heavy (non-hydrogen) atoms. The zero-order chi connectivity index (χ0) is 27.8. The Kier molecular flexibility index (Phi) is 6.29. The number of ether oxygens (including phenoxy) is 1. The molecule has 0 fully saturated rings. The first-order valence-electron chi connectivity index (χ1n) is 13.9. The third-order valence-electron chi connectivity index (χ3n) is 8.04. The maximum atomic E-state index is 12.2. The standard InChI is InChI=1S/C39H28O2/c1-41-36(40)25-28-23-24-31(30-18-9-8-17-29(28)30)32-21-12-22-35-37(26-13-4-2-5-14-26)33-19-10-11-20-34(33)38(39(32)35)27-15-6-3-7-16-27/h2-24H,25H2,1H3. The maximum absolute atomic E-state index is 12.2. The molecule has 2 nitrogen and oxygen atoms in total. The maximum Gasteiger partial charge on any atom is 0.309 e. The normalized spacial score (nSPS) is 11.2. The van der Waals surface area contributed by atoms with E-state index in [4.69, 9.17) is 4.74 Å². The van der Waals surface area contributed by atoms with E-state index >= 15 is 0 Å². The first kappa shape index (κ1) is 24.8. The van der Waals surface area contributed by atoms with Crippen LogP contribution in [0.15, 0.2) is 140 Å². The summed E-state index contributed by atoms with van der Waals surface area (Å²) < 4.78 is 5.00. The topological polar surface area (TPSA) is 26.3 Å². The molecule has 0 aromatic heterocycles. The quantitative estimate of drug-likeness (QED) is 0.164. The number of esters is 1. The second kappa shape index (κ2) is 10.4. The minimum absolute atomic E-state index is 0.238.